The van der Waals surface area contributed by atoms with E-state index in [2.05, 4.69) is 67.8 Å². The summed E-state index contributed by atoms with van der Waals surface area (Å²) in [5.41, 5.74) is 0. The van der Waals surface area contributed by atoms with E-state index in [9.17, 15) is 35.1 Å². The maximum absolute atomic E-state index is 13.1. The lowest BCUT2D eigenvalue weighted by molar-refractivity contribution is -0.302. The number of carbonyl (C=O) groups excluding carboxylic acids is 2. The summed E-state index contributed by atoms with van der Waals surface area (Å²) in [6.45, 7) is 4.37. The minimum absolute atomic E-state index is 0.00715. The van der Waals surface area contributed by atoms with Crippen LogP contribution in [0.4, 0.5) is 0 Å². The molecule has 0 aromatic heterocycles. The molecular weight excluding hydrogens is 1220 g/mol. The van der Waals surface area contributed by atoms with E-state index in [1.165, 1.54) is 321 Å². The molecule has 1 aliphatic heterocycles. The van der Waals surface area contributed by atoms with E-state index in [0.717, 1.165) is 70.6 Å². The van der Waals surface area contributed by atoms with Gasteiger partial charge < -0.3 is 45.1 Å². The Morgan fingerprint density at radius 3 is 1.05 bits per heavy atom. The molecule has 0 saturated carbocycles. The number of rotatable bonds is 76. The number of allylic oxidation sites excluding steroid dienone is 9. The van der Waals surface area contributed by atoms with Crippen LogP contribution < -0.4 is 5.32 Å². The zero-order chi connectivity index (χ0) is 70.8. The molecule has 0 bridgehead atoms. The molecule has 0 aromatic carbocycles. The first kappa shape index (κ1) is 93.4. The van der Waals surface area contributed by atoms with Crippen molar-refractivity contribution in [2.24, 2.45) is 0 Å². The smallest absolute Gasteiger partial charge is 0.305 e. The number of carbonyl (C=O) groups is 2. The molecule has 7 atom stereocenters. The highest BCUT2D eigenvalue weighted by molar-refractivity contribution is 5.76. The second-order valence-electron chi connectivity index (χ2n) is 29.5. The maximum atomic E-state index is 13.1. The van der Waals surface area contributed by atoms with Crippen molar-refractivity contribution in [3.8, 4) is 0 Å². The third-order valence-corrected chi connectivity index (χ3v) is 20.1. The summed E-state index contributed by atoms with van der Waals surface area (Å²) < 4.78 is 16.8. The molecule has 1 aliphatic rings. The molecule has 98 heavy (non-hydrogen) atoms. The van der Waals surface area contributed by atoms with E-state index in [1.54, 1.807) is 6.08 Å². The lowest BCUT2D eigenvalue weighted by atomic mass is 9.99. The van der Waals surface area contributed by atoms with Crippen molar-refractivity contribution in [3.05, 3.63) is 60.8 Å². The van der Waals surface area contributed by atoms with E-state index in [-0.39, 0.29) is 18.5 Å². The summed E-state index contributed by atoms with van der Waals surface area (Å²) >= 11 is 0. The van der Waals surface area contributed by atoms with Crippen LogP contribution in [-0.2, 0) is 23.8 Å². The van der Waals surface area contributed by atoms with Gasteiger partial charge in [-0.1, -0.05) is 370 Å². The predicted molar refractivity (Wildman–Crippen MR) is 417 cm³/mol. The molecule has 1 fully saturated rings. The van der Waals surface area contributed by atoms with Gasteiger partial charge in [0.2, 0.25) is 5.91 Å². The molecule has 1 amide bonds. The van der Waals surface area contributed by atoms with Gasteiger partial charge in [0.05, 0.1) is 32.0 Å². The van der Waals surface area contributed by atoms with Crippen molar-refractivity contribution < 1.29 is 49.3 Å². The molecule has 1 heterocycles. The van der Waals surface area contributed by atoms with Crippen molar-refractivity contribution >= 4 is 11.9 Å². The van der Waals surface area contributed by atoms with Crippen LogP contribution in [0, 0.1) is 0 Å². The monoisotopic (exact) mass is 1380 g/mol. The molecule has 574 valence electrons. The van der Waals surface area contributed by atoms with Crippen molar-refractivity contribution in [2.45, 2.75) is 461 Å². The first-order valence-electron chi connectivity index (χ1n) is 42.6. The normalized spacial score (nSPS) is 17.5. The Labute approximate surface area is 605 Å². The standard InChI is InChI=1S/C87H161NO10/c1-3-5-7-9-11-13-15-17-19-43-47-51-55-59-63-67-71-75-83(92)96-76-72-68-64-60-56-52-48-45-42-40-38-36-34-32-30-28-26-24-22-20-21-23-25-27-29-31-33-35-37-39-41-44-46-50-54-58-62-66-70-74-82(91)88-79(78-97-87-86(95)85(94)84(93)81(77-89)98-87)80(90)73-69-65-61-57-53-49-18-16-14-12-10-8-6-4-2/h11,13,17,19-21,24,26,69,73,79-81,84-87,89-90,93-95H,3-10,12,14-16,18,22-23,25,27-68,70-72,74-78H2,1-2H3,(H,88,91)/b13-11-,19-17-,21-20-,26-24-,73-69+. The zero-order valence-corrected chi connectivity index (χ0v) is 64.3. The van der Waals surface area contributed by atoms with Crippen LogP contribution in [0.25, 0.3) is 0 Å². The summed E-state index contributed by atoms with van der Waals surface area (Å²) in [4.78, 5) is 25.2. The fraction of sp³-hybridized carbons (Fsp3) is 0.862. The zero-order valence-electron chi connectivity index (χ0n) is 64.3. The number of hydrogen-bond acceptors (Lipinski definition) is 10. The number of aliphatic hydroxyl groups excluding tert-OH is 5. The Kier molecular flexibility index (Phi) is 71.9. The number of nitrogens with one attached hydrogen (secondary N) is 1. The van der Waals surface area contributed by atoms with E-state index < -0.39 is 49.5 Å². The summed E-state index contributed by atoms with van der Waals surface area (Å²) in [7, 11) is 0. The van der Waals surface area contributed by atoms with E-state index in [4.69, 9.17) is 14.2 Å². The number of hydrogen-bond donors (Lipinski definition) is 6. The third-order valence-electron chi connectivity index (χ3n) is 20.1. The molecule has 0 aromatic rings. The van der Waals surface area contributed by atoms with Crippen LogP contribution in [0.3, 0.4) is 0 Å². The highest BCUT2D eigenvalue weighted by Crippen LogP contribution is 2.24. The van der Waals surface area contributed by atoms with E-state index in [0.29, 0.717) is 19.4 Å². The quantitative estimate of drug-likeness (QED) is 0.0195. The lowest BCUT2D eigenvalue weighted by Crippen LogP contribution is -2.60. The van der Waals surface area contributed by atoms with Crippen molar-refractivity contribution in [1.29, 1.82) is 0 Å². The van der Waals surface area contributed by atoms with Gasteiger partial charge >= 0.3 is 5.97 Å². The first-order valence-corrected chi connectivity index (χ1v) is 42.6. The van der Waals surface area contributed by atoms with Gasteiger partial charge in [-0.3, -0.25) is 9.59 Å². The van der Waals surface area contributed by atoms with Crippen LogP contribution in [0.2, 0.25) is 0 Å². The van der Waals surface area contributed by atoms with Gasteiger partial charge in [-0.05, 0) is 96.3 Å². The van der Waals surface area contributed by atoms with E-state index in [1.807, 2.05) is 6.08 Å². The van der Waals surface area contributed by atoms with Crippen LogP contribution in [0.1, 0.15) is 418 Å². The van der Waals surface area contributed by atoms with Crippen LogP contribution in [0.5, 0.6) is 0 Å². The number of esters is 1. The molecule has 1 rings (SSSR count). The van der Waals surface area contributed by atoms with Gasteiger partial charge in [-0.15, -0.1) is 0 Å². The van der Waals surface area contributed by atoms with Gasteiger partial charge in [0, 0.05) is 12.8 Å². The molecule has 1 saturated heterocycles. The number of ether oxygens (including phenoxy) is 3. The average Bonchev–Trinajstić information content (AvgIpc) is 0.833. The molecule has 0 radical (unpaired) electrons. The van der Waals surface area contributed by atoms with Gasteiger partial charge in [-0.25, -0.2) is 0 Å². The summed E-state index contributed by atoms with van der Waals surface area (Å²) in [6.07, 6.45) is 92.6. The van der Waals surface area contributed by atoms with Crippen molar-refractivity contribution in [3.63, 3.8) is 0 Å². The Morgan fingerprint density at radius 2 is 0.684 bits per heavy atom. The van der Waals surface area contributed by atoms with Gasteiger partial charge in [0.1, 0.15) is 24.4 Å². The first-order chi connectivity index (χ1) is 48.2. The Morgan fingerprint density at radius 1 is 0.378 bits per heavy atom. The molecule has 0 spiro atoms. The second-order valence-corrected chi connectivity index (χ2v) is 29.5. The Balaban J connectivity index is 1.89. The molecule has 0 aliphatic carbocycles. The Hall–Kier alpha value is -2.64. The number of aliphatic hydroxyl groups is 5. The van der Waals surface area contributed by atoms with Gasteiger partial charge in [0.25, 0.3) is 0 Å². The molecular formula is C87H161NO10. The minimum Gasteiger partial charge on any atom is -0.466 e. The third kappa shape index (κ3) is 63.1. The van der Waals surface area contributed by atoms with Crippen molar-refractivity contribution in [1.82, 2.24) is 5.32 Å². The second kappa shape index (κ2) is 75.5. The largest absolute Gasteiger partial charge is 0.466 e. The molecule has 6 N–H and O–H groups in total. The summed E-state index contributed by atoms with van der Waals surface area (Å²) in [6, 6.07) is -0.809. The summed E-state index contributed by atoms with van der Waals surface area (Å²) in [5, 5.41) is 54.6. The van der Waals surface area contributed by atoms with Crippen molar-refractivity contribution in [2.75, 3.05) is 19.8 Å². The molecule has 11 heteroatoms. The fourth-order valence-corrected chi connectivity index (χ4v) is 13.4. The van der Waals surface area contributed by atoms with Crippen LogP contribution >= 0.6 is 0 Å². The SMILES string of the molecule is CCCCC/C=C\C/C=C\CCCCCCCCCC(=O)OCCCCCCCCCCCCCCCCC/C=C\C/C=C\CCCCCCCCCCCCCCCCCCCC(=O)NC(COC1OC(CO)C(O)C(O)C1O)C(O)/C=C/CCCCCCCCCCCCCC. The predicted octanol–water partition coefficient (Wildman–Crippen LogP) is 23.6. The maximum Gasteiger partial charge on any atom is 0.305 e. The van der Waals surface area contributed by atoms with E-state index >= 15 is 0 Å². The topological polar surface area (TPSA) is 175 Å². The van der Waals surface area contributed by atoms with Crippen LogP contribution in [0.15, 0.2) is 60.8 Å². The fourth-order valence-electron chi connectivity index (χ4n) is 13.4. The van der Waals surface area contributed by atoms with Gasteiger partial charge in [-0.2, -0.15) is 0 Å². The minimum atomic E-state index is -1.57. The lowest BCUT2D eigenvalue weighted by Gasteiger charge is -2.40. The number of amides is 1. The number of unbranched alkanes of at least 4 members (excludes halogenated alkanes) is 54. The highest BCUT2D eigenvalue weighted by Gasteiger charge is 2.44. The van der Waals surface area contributed by atoms with Crippen LogP contribution in [-0.4, -0.2) is 100 Å². The Bertz CT molecular complexity index is 1820. The van der Waals surface area contributed by atoms with Gasteiger partial charge in [0.15, 0.2) is 6.29 Å². The molecule has 7 unspecified atom stereocenters. The summed E-state index contributed by atoms with van der Waals surface area (Å²) in [5.74, 6) is -0.169. The molecule has 11 nitrogen and oxygen atoms in total. The average molecular weight is 1380 g/mol. The highest BCUT2D eigenvalue weighted by atomic mass is 16.7.